The van der Waals surface area contributed by atoms with Crippen molar-refractivity contribution < 1.29 is 0 Å². The van der Waals surface area contributed by atoms with Crippen LogP contribution in [0.4, 0.5) is 0 Å². The second-order valence-electron chi connectivity index (χ2n) is 3.59. The summed E-state index contributed by atoms with van der Waals surface area (Å²) in [5, 5.41) is 15.7. The highest BCUT2D eigenvalue weighted by Crippen LogP contribution is 2.24. The van der Waals surface area contributed by atoms with Gasteiger partial charge in [-0.1, -0.05) is 23.8 Å². The molecular weight excluding hydrogens is 186 g/mol. The predicted molar refractivity (Wildman–Crippen MR) is 58.2 cm³/mol. The lowest BCUT2D eigenvalue weighted by Gasteiger charge is -2.04. The van der Waals surface area contributed by atoms with E-state index >= 15 is 0 Å². The number of benzene rings is 1. The molecule has 0 fully saturated rings. The Balaban J connectivity index is 2.60. The Morgan fingerprint density at radius 3 is 2.80 bits per heavy atom. The fraction of sp³-hybridized carbons (Fsp3) is 0.167. The first-order valence-corrected chi connectivity index (χ1v) is 4.73. The van der Waals surface area contributed by atoms with Crippen LogP contribution in [0.25, 0.3) is 11.3 Å². The number of H-pyrrole nitrogens is 1. The molecule has 15 heavy (non-hydrogen) atoms. The van der Waals surface area contributed by atoms with Crippen LogP contribution in [0.1, 0.15) is 16.7 Å². The van der Waals surface area contributed by atoms with Crippen molar-refractivity contribution in [2.75, 3.05) is 0 Å². The molecule has 74 valence electrons. The average Bonchev–Trinajstić information content (AvgIpc) is 2.65. The van der Waals surface area contributed by atoms with E-state index in [9.17, 15) is 0 Å². The summed E-state index contributed by atoms with van der Waals surface area (Å²) < 4.78 is 0. The minimum absolute atomic E-state index is 0.585. The first kappa shape index (κ1) is 9.47. The van der Waals surface area contributed by atoms with E-state index in [0.29, 0.717) is 5.56 Å². The molecule has 3 heteroatoms. The van der Waals surface area contributed by atoms with E-state index in [1.165, 1.54) is 5.56 Å². The van der Waals surface area contributed by atoms with Crippen LogP contribution < -0.4 is 0 Å². The smallest absolute Gasteiger partial charge is 0.103 e. The number of aromatic amines is 1. The van der Waals surface area contributed by atoms with Crippen molar-refractivity contribution >= 4 is 0 Å². The SMILES string of the molecule is Cc1ccc(-c2[nH]ncc2C#N)c(C)c1. The average molecular weight is 197 g/mol. The third kappa shape index (κ3) is 1.62. The zero-order valence-corrected chi connectivity index (χ0v) is 8.70. The Bertz CT molecular complexity index is 532. The Morgan fingerprint density at radius 2 is 2.13 bits per heavy atom. The van der Waals surface area contributed by atoms with Gasteiger partial charge < -0.3 is 0 Å². The van der Waals surface area contributed by atoms with Gasteiger partial charge in [0.1, 0.15) is 6.07 Å². The topological polar surface area (TPSA) is 52.5 Å². The van der Waals surface area contributed by atoms with E-state index in [2.05, 4.69) is 29.3 Å². The summed E-state index contributed by atoms with van der Waals surface area (Å²) in [6.07, 6.45) is 1.55. The summed E-state index contributed by atoms with van der Waals surface area (Å²) in [7, 11) is 0. The first-order chi connectivity index (χ1) is 7.22. The Hall–Kier alpha value is -2.08. The number of nitrogens with one attached hydrogen (secondary N) is 1. The number of aryl methyl sites for hydroxylation is 2. The van der Waals surface area contributed by atoms with Gasteiger partial charge in [0, 0.05) is 5.56 Å². The molecule has 0 aliphatic rings. The summed E-state index contributed by atoms with van der Waals surface area (Å²) in [6.45, 7) is 4.08. The zero-order valence-electron chi connectivity index (χ0n) is 8.70. The normalized spacial score (nSPS) is 9.93. The van der Waals surface area contributed by atoms with Crippen molar-refractivity contribution in [3.63, 3.8) is 0 Å². The molecule has 0 bridgehead atoms. The molecule has 1 N–H and O–H groups in total. The van der Waals surface area contributed by atoms with E-state index in [-0.39, 0.29) is 0 Å². The minimum Gasteiger partial charge on any atom is -0.276 e. The van der Waals surface area contributed by atoms with Crippen molar-refractivity contribution in [2.24, 2.45) is 0 Å². The molecule has 0 radical (unpaired) electrons. The third-order valence-corrected chi connectivity index (χ3v) is 2.41. The molecule has 0 saturated heterocycles. The molecule has 3 nitrogen and oxygen atoms in total. The summed E-state index contributed by atoms with van der Waals surface area (Å²) >= 11 is 0. The Morgan fingerprint density at radius 1 is 1.33 bits per heavy atom. The van der Waals surface area contributed by atoms with Gasteiger partial charge in [-0.05, 0) is 19.4 Å². The van der Waals surface area contributed by atoms with E-state index in [0.717, 1.165) is 16.8 Å². The van der Waals surface area contributed by atoms with Gasteiger partial charge in [-0.25, -0.2) is 0 Å². The Kier molecular flexibility index (Phi) is 2.26. The van der Waals surface area contributed by atoms with Crippen molar-refractivity contribution in [3.05, 3.63) is 41.1 Å². The van der Waals surface area contributed by atoms with Gasteiger partial charge in [-0.2, -0.15) is 10.4 Å². The van der Waals surface area contributed by atoms with E-state index in [1.54, 1.807) is 6.20 Å². The molecule has 1 aromatic heterocycles. The molecule has 0 unspecified atom stereocenters. The number of nitrogens with zero attached hydrogens (tertiary/aromatic N) is 2. The third-order valence-electron chi connectivity index (χ3n) is 2.41. The van der Waals surface area contributed by atoms with E-state index in [4.69, 9.17) is 5.26 Å². The molecular formula is C12H11N3. The van der Waals surface area contributed by atoms with Gasteiger partial charge in [0.15, 0.2) is 0 Å². The van der Waals surface area contributed by atoms with Gasteiger partial charge in [0.2, 0.25) is 0 Å². The van der Waals surface area contributed by atoms with Crippen molar-refractivity contribution in [3.8, 4) is 17.3 Å². The highest BCUT2D eigenvalue weighted by molar-refractivity contribution is 5.69. The van der Waals surface area contributed by atoms with Crippen LogP contribution in [0.5, 0.6) is 0 Å². The quantitative estimate of drug-likeness (QED) is 0.763. The standard InChI is InChI=1S/C12H11N3/c1-8-3-4-11(9(2)5-8)12-10(6-13)7-14-15-12/h3-5,7H,1-2H3,(H,14,15). The van der Waals surface area contributed by atoms with Gasteiger partial charge in [0.25, 0.3) is 0 Å². The Labute approximate surface area is 88.4 Å². The molecule has 0 spiro atoms. The number of nitriles is 1. The molecule has 0 aliphatic carbocycles. The summed E-state index contributed by atoms with van der Waals surface area (Å²) in [5.74, 6) is 0. The number of aromatic nitrogens is 2. The van der Waals surface area contributed by atoms with Crippen molar-refractivity contribution in [1.29, 1.82) is 5.26 Å². The zero-order chi connectivity index (χ0) is 10.8. The van der Waals surface area contributed by atoms with Gasteiger partial charge in [0.05, 0.1) is 17.5 Å². The maximum absolute atomic E-state index is 8.90. The van der Waals surface area contributed by atoms with E-state index < -0.39 is 0 Å². The summed E-state index contributed by atoms with van der Waals surface area (Å²) in [5.41, 5.74) is 4.79. The van der Waals surface area contributed by atoms with E-state index in [1.807, 2.05) is 19.1 Å². The second-order valence-corrected chi connectivity index (χ2v) is 3.59. The lowest BCUT2D eigenvalue weighted by molar-refractivity contribution is 1.09. The maximum Gasteiger partial charge on any atom is 0.103 e. The number of rotatable bonds is 1. The van der Waals surface area contributed by atoms with Gasteiger partial charge in [-0.3, -0.25) is 5.10 Å². The predicted octanol–water partition coefficient (Wildman–Crippen LogP) is 2.57. The lowest BCUT2D eigenvalue weighted by atomic mass is 10.0. The van der Waals surface area contributed by atoms with Crippen molar-refractivity contribution in [1.82, 2.24) is 10.2 Å². The highest BCUT2D eigenvalue weighted by Gasteiger charge is 2.09. The van der Waals surface area contributed by atoms with Crippen LogP contribution in [0.2, 0.25) is 0 Å². The molecule has 0 atom stereocenters. The fourth-order valence-electron chi connectivity index (χ4n) is 1.67. The molecule has 2 rings (SSSR count). The van der Waals surface area contributed by atoms with Crippen LogP contribution in [0.15, 0.2) is 24.4 Å². The molecule has 1 aromatic carbocycles. The highest BCUT2D eigenvalue weighted by atomic mass is 15.1. The molecule has 0 saturated carbocycles. The number of hydrogen-bond acceptors (Lipinski definition) is 2. The summed E-state index contributed by atoms with van der Waals surface area (Å²) in [6, 6.07) is 8.26. The first-order valence-electron chi connectivity index (χ1n) is 4.73. The molecule has 0 aliphatic heterocycles. The van der Waals surface area contributed by atoms with Crippen LogP contribution in [0.3, 0.4) is 0 Å². The molecule has 1 heterocycles. The number of hydrogen-bond donors (Lipinski definition) is 1. The van der Waals surface area contributed by atoms with Gasteiger partial charge in [-0.15, -0.1) is 0 Å². The maximum atomic E-state index is 8.90. The largest absolute Gasteiger partial charge is 0.276 e. The molecule has 0 amide bonds. The monoisotopic (exact) mass is 197 g/mol. The van der Waals surface area contributed by atoms with Crippen LogP contribution in [-0.4, -0.2) is 10.2 Å². The fourth-order valence-corrected chi connectivity index (χ4v) is 1.67. The van der Waals surface area contributed by atoms with Crippen LogP contribution in [-0.2, 0) is 0 Å². The van der Waals surface area contributed by atoms with Crippen LogP contribution >= 0.6 is 0 Å². The summed E-state index contributed by atoms with van der Waals surface area (Å²) in [4.78, 5) is 0. The lowest BCUT2D eigenvalue weighted by Crippen LogP contribution is -1.87. The minimum atomic E-state index is 0.585. The second kappa shape index (κ2) is 3.58. The van der Waals surface area contributed by atoms with Crippen LogP contribution in [0, 0.1) is 25.2 Å². The van der Waals surface area contributed by atoms with Gasteiger partial charge >= 0.3 is 0 Å². The van der Waals surface area contributed by atoms with Crippen molar-refractivity contribution in [2.45, 2.75) is 13.8 Å². The molecule has 2 aromatic rings.